The van der Waals surface area contributed by atoms with Crippen LogP contribution in [0, 0.1) is 0 Å². The fourth-order valence-corrected chi connectivity index (χ4v) is 0. The molecule has 2 heteroatoms. The molecule has 0 saturated carbocycles. The van der Waals surface area contributed by atoms with Gasteiger partial charge in [-0.1, -0.05) is 26.2 Å². The summed E-state index contributed by atoms with van der Waals surface area (Å²) in [5.41, 5.74) is 0. The van der Waals surface area contributed by atoms with Gasteiger partial charge < -0.3 is 0 Å². The van der Waals surface area contributed by atoms with Gasteiger partial charge >= 0.3 is 0 Å². The van der Waals surface area contributed by atoms with Gasteiger partial charge in [0.25, 0.3) is 0 Å². The Kier molecular flexibility index (Phi) is 4.69. The van der Waals surface area contributed by atoms with Crippen molar-refractivity contribution in [3.8, 4) is 0 Å². The molecular weight excluding hydrogens is 128 g/mol. The van der Waals surface area contributed by atoms with E-state index >= 15 is 0 Å². The molecule has 0 aliphatic carbocycles. The number of hydrogen-bond acceptors (Lipinski definition) is 0. The van der Waals surface area contributed by atoms with Crippen LogP contribution in [-0.2, 0) is 17.4 Å². The van der Waals surface area contributed by atoms with Crippen molar-refractivity contribution >= 4 is 8.07 Å². The molecule has 0 rings (SSSR count). The van der Waals surface area contributed by atoms with Gasteiger partial charge in [-0.05, 0) is 0 Å². The van der Waals surface area contributed by atoms with Crippen molar-refractivity contribution in [1.29, 1.82) is 0 Å². The van der Waals surface area contributed by atoms with Gasteiger partial charge in [0.1, 0.15) is 0 Å². The molecule has 0 aliphatic rings. The monoisotopic (exact) mass is 140 g/mol. The van der Waals surface area contributed by atoms with Gasteiger partial charge in [0, 0.05) is 25.4 Å². The molecule has 6 heavy (non-hydrogen) atoms. The molecule has 0 radical (unpaired) electrons. The minimum atomic E-state index is -0.611. The van der Waals surface area contributed by atoms with Gasteiger partial charge in [-0.3, -0.25) is 0 Å². The first kappa shape index (κ1) is 9.89. The summed E-state index contributed by atoms with van der Waals surface area (Å²) in [6.07, 6.45) is 0. The maximum Gasteiger partial charge on any atom is 0.0411 e. The molecule has 38 valence electrons. The zero-order valence-electron chi connectivity index (χ0n) is 4.91. The van der Waals surface area contributed by atoms with Crippen LogP contribution in [0.25, 0.3) is 0 Å². The maximum absolute atomic E-state index is 2.33. The quantitative estimate of drug-likeness (QED) is 0.451. The first-order chi connectivity index (χ1) is 2.00. The summed E-state index contributed by atoms with van der Waals surface area (Å²) in [4.78, 5) is 0. The van der Waals surface area contributed by atoms with Crippen molar-refractivity contribution in [2.45, 2.75) is 26.2 Å². The molecule has 0 amide bonds. The number of hydrogen-bond donors (Lipinski definition) is 0. The average molecular weight is 140 g/mol. The SMILES string of the molecule is C[Si](C)(C)C.[Cr]. The molecule has 0 fully saturated rings. The second kappa shape index (κ2) is 2.85. The normalized spacial score (nSPS) is 10.0. The van der Waals surface area contributed by atoms with Crippen molar-refractivity contribution in [1.82, 2.24) is 0 Å². The molecule has 0 unspecified atom stereocenters. The van der Waals surface area contributed by atoms with Crippen LogP contribution >= 0.6 is 0 Å². The van der Waals surface area contributed by atoms with Gasteiger partial charge in [0.15, 0.2) is 0 Å². The molecule has 0 saturated heterocycles. The van der Waals surface area contributed by atoms with Gasteiger partial charge in [-0.2, -0.15) is 0 Å². The molecule has 0 heterocycles. The smallest absolute Gasteiger partial charge is 0.0411 e. The average Bonchev–Trinajstić information content (AvgIpc) is 0.722. The van der Waals surface area contributed by atoms with Crippen molar-refractivity contribution in [2.24, 2.45) is 0 Å². The molecule has 0 aromatic heterocycles. The Bertz CT molecular complexity index is 23.0. The second-order valence-corrected chi connectivity index (χ2v) is 9.00. The van der Waals surface area contributed by atoms with Crippen LogP contribution in [0.4, 0.5) is 0 Å². The largest absolute Gasteiger partial charge is 0.0697 e. The molecule has 0 atom stereocenters. The molecule has 0 aromatic carbocycles. The fraction of sp³-hybridized carbons (Fsp3) is 1.00. The van der Waals surface area contributed by atoms with Gasteiger partial charge in [-0.25, -0.2) is 0 Å². The van der Waals surface area contributed by atoms with E-state index in [1.807, 2.05) is 0 Å². The summed E-state index contributed by atoms with van der Waals surface area (Å²) in [5, 5.41) is 0. The van der Waals surface area contributed by atoms with E-state index in [9.17, 15) is 0 Å². The third-order valence-corrected chi connectivity index (χ3v) is 0. The summed E-state index contributed by atoms with van der Waals surface area (Å²) < 4.78 is 0. The van der Waals surface area contributed by atoms with Crippen molar-refractivity contribution in [2.75, 3.05) is 0 Å². The van der Waals surface area contributed by atoms with E-state index in [1.54, 1.807) is 0 Å². The van der Waals surface area contributed by atoms with Crippen LogP contribution in [0.15, 0.2) is 0 Å². The first-order valence-electron chi connectivity index (χ1n) is 2.00. The molecule has 0 nitrogen and oxygen atoms in total. The molecule has 0 bridgehead atoms. The standard InChI is InChI=1S/C4H12Si.Cr/c1-5(2,3)4;/h1-4H3;. The minimum absolute atomic E-state index is 0. The summed E-state index contributed by atoms with van der Waals surface area (Å²) in [6, 6.07) is 0. The minimum Gasteiger partial charge on any atom is -0.0697 e. The van der Waals surface area contributed by atoms with Gasteiger partial charge in [0.2, 0.25) is 0 Å². The number of rotatable bonds is 0. The van der Waals surface area contributed by atoms with E-state index in [2.05, 4.69) is 26.2 Å². The van der Waals surface area contributed by atoms with E-state index in [0.29, 0.717) is 0 Å². The fourth-order valence-electron chi connectivity index (χ4n) is 0. The topological polar surface area (TPSA) is 0 Å². The molecule has 0 spiro atoms. The van der Waals surface area contributed by atoms with E-state index < -0.39 is 8.07 Å². The predicted molar refractivity (Wildman–Crippen MR) is 29.2 cm³/mol. The Morgan fingerprint density at radius 1 is 0.833 bits per heavy atom. The summed E-state index contributed by atoms with van der Waals surface area (Å²) >= 11 is 0. The van der Waals surface area contributed by atoms with Crippen LogP contribution in [0.5, 0.6) is 0 Å². The molecule has 0 aromatic rings. The van der Waals surface area contributed by atoms with E-state index in [1.165, 1.54) is 0 Å². The molecule has 0 N–H and O–H groups in total. The van der Waals surface area contributed by atoms with Gasteiger partial charge in [0.05, 0.1) is 0 Å². The Hall–Kier alpha value is 0.749. The van der Waals surface area contributed by atoms with Gasteiger partial charge in [-0.15, -0.1) is 0 Å². The first-order valence-corrected chi connectivity index (χ1v) is 6.00. The van der Waals surface area contributed by atoms with Crippen LogP contribution < -0.4 is 0 Å². The Labute approximate surface area is 52.1 Å². The summed E-state index contributed by atoms with van der Waals surface area (Å²) in [6.45, 7) is 9.31. The maximum atomic E-state index is 2.33. The van der Waals surface area contributed by atoms with Crippen LogP contribution in [0.1, 0.15) is 0 Å². The Balaban J connectivity index is 0. The third kappa shape index (κ3) is 119. The summed E-state index contributed by atoms with van der Waals surface area (Å²) in [7, 11) is -0.611. The predicted octanol–water partition coefficient (Wildman–Crippen LogP) is 1.95. The van der Waals surface area contributed by atoms with Crippen LogP contribution in [0.3, 0.4) is 0 Å². The van der Waals surface area contributed by atoms with E-state index in [-0.39, 0.29) is 17.4 Å². The van der Waals surface area contributed by atoms with E-state index in [4.69, 9.17) is 0 Å². The molecule has 0 aliphatic heterocycles. The zero-order chi connectivity index (χ0) is 4.50. The summed E-state index contributed by atoms with van der Waals surface area (Å²) in [5.74, 6) is 0. The van der Waals surface area contributed by atoms with Crippen molar-refractivity contribution < 1.29 is 17.4 Å². The van der Waals surface area contributed by atoms with Crippen molar-refractivity contribution in [3.05, 3.63) is 0 Å². The van der Waals surface area contributed by atoms with E-state index in [0.717, 1.165) is 0 Å². The Morgan fingerprint density at radius 3 is 0.833 bits per heavy atom. The third-order valence-electron chi connectivity index (χ3n) is 0. The second-order valence-electron chi connectivity index (χ2n) is 3.00. The Morgan fingerprint density at radius 2 is 0.833 bits per heavy atom. The molecular formula is C4H12CrSi. The van der Waals surface area contributed by atoms with Crippen LogP contribution in [-0.4, -0.2) is 8.07 Å². The zero-order valence-corrected chi connectivity index (χ0v) is 7.18. The van der Waals surface area contributed by atoms with Crippen LogP contribution in [0.2, 0.25) is 26.2 Å². The van der Waals surface area contributed by atoms with Crippen molar-refractivity contribution in [3.63, 3.8) is 0 Å².